The summed E-state index contributed by atoms with van der Waals surface area (Å²) >= 11 is 0. The second-order valence-corrected chi connectivity index (χ2v) is 6.84. The van der Waals surface area contributed by atoms with Crippen LogP contribution in [0.1, 0.15) is 36.5 Å². The van der Waals surface area contributed by atoms with Gasteiger partial charge in [0.05, 0.1) is 5.57 Å². The van der Waals surface area contributed by atoms with E-state index in [9.17, 15) is 4.79 Å². The predicted octanol–water partition coefficient (Wildman–Crippen LogP) is 5.94. The highest BCUT2D eigenvalue weighted by atomic mass is 16.5. The van der Waals surface area contributed by atoms with E-state index in [0.717, 1.165) is 21.9 Å². The van der Waals surface area contributed by atoms with E-state index in [0.29, 0.717) is 17.3 Å². The minimum absolute atomic E-state index is 0.305. The van der Waals surface area contributed by atoms with Gasteiger partial charge in [0.2, 0.25) is 0 Å². The van der Waals surface area contributed by atoms with Crippen LogP contribution in [0.15, 0.2) is 78.4 Å². The molecule has 0 saturated carbocycles. The minimum atomic E-state index is -0.305. The van der Waals surface area contributed by atoms with Crippen LogP contribution < -0.4 is 0 Å². The van der Waals surface area contributed by atoms with E-state index in [2.05, 4.69) is 44.2 Å². The highest BCUT2D eigenvalue weighted by molar-refractivity contribution is 6.06. The van der Waals surface area contributed by atoms with Crippen LogP contribution in [0, 0.1) is 0 Å². The minimum Gasteiger partial charge on any atom is -0.422 e. The largest absolute Gasteiger partial charge is 0.422 e. The zero-order valence-corrected chi connectivity index (χ0v) is 14.9. The first-order valence-corrected chi connectivity index (χ1v) is 8.85. The molecule has 26 heavy (non-hydrogen) atoms. The van der Waals surface area contributed by atoms with Crippen LogP contribution in [-0.4, -0.2) is 5.97 Å². The fraction of sp³-hybridized carbons (Fsp3) is 0.125. The number of carbonyl (C=O) groups excluding carboxylic acids is 1. The van der Waals surface area contributed by atoms with Crippen LogP contribution in [-0.2, 0) is 9.53 Å². The van der Waals surface area contributed by atoms with E-state index >= 15 is 0 Å². The van der Waals surface area contributed by atoms with Gasteiger partial charge in [-0.25, -0.2) is 4.79 Å². The average Bonchev–Trinajstić information content (AvgIpc) is 3.03. The molecule has 2 heteroatoms. The van der Waals surface area contributed by atoms with E-state index in [1.807, 2.05) is 48.6 Å². The van der Waals surface area contributed by atoms with Gasteiger partial charge in [0, 0.05) is 5.56 Å². The lowest BCUT2D eigenvalue weighted by Crippen LogP contribution is -1.97. The van der Waals surface area contributed by atoms with Crippen molar-refractivity contribution in [1.29, 1.82) is 0 Å². The number of esters is 1. The highest BCUT2D eigenvalue weighted by Gasteiger charge is 2.22. The first-order valence-electron chi connectivity index (χ1n) is 8.85. The molecule has 0 bridgehead atoms. The number of rotatable bonds is 3. The molecule has 3 aromatic carbocycles. The van der Waals surface area contributed by atoms with Crippen molar-refractivity contribution < 1.29 is 9.53 Å². The monoisotopic (exact) mass is 340 g/mol. The molecule has 0 aromatic heterocycles. The topological polar surface area (TPSA) is 26.3 Å². The first-order chi connectivity index (χ1) is 12.6. The van der Waals surface area contributed by atoms with Crippen molar-refractivity contribution in [3.05, 3.63) is 95.1 Å². The molecule has 0 aliphatic carbocycles. The van der Waals surface area contributed by atoms with Crippen LogP contribution in [0.4, 0.5) is 0 Å². The van der Waals surface area contributed by atoms with Crippen LogP contribution >= 0.6 is 0 Å². The van der Waals surface area contributed by atoms with Crippen molar-refractivity contribution in [2.24, 2.45) is 0 Å². The summed E-state index contributed by atoms with van der Waals surface area (Å²) in [5.74, 6) is 0.781. The maximum absolute atomic E-state index is 12.3. The Morgan fingerprint density at radius 3 is 2.38 bits per heavy atom. The number of ether oxygens (including phenoxy) is 1. The van der Waals surface area contributed by atoms with Gasteiger partial charge >= 0.3 is 5.97 Å². The lowest BCUT2D eigenvalue weighted by molar-refractivity contribution is -0.130. The van der Waals surface area contributed by atoms with Gasteiger partial charge in [-0.3, -0.25) is 0 Å². The van der Waals surface area contributed by atoms with Gasteiger partial charge in [-0.2, -0.15) is 0 Å². The molecule has 0 unspecified atom stereocenters. The molecule has 0 amide bonds. The molecule has 4 rings (SSSR count). The van der Waals surface area contributed by atoms with Gasteiger partial charge in [-0.05, 0) is 40.0 Å². The van der Waals surface area contributed by atoms with Crippen LogP contribution in [0.5, 0.6) is 0 Å². The van der Waals surface area contributed by atoms with Crippen molar-refractivity contribution in [2.75, 3.05) is 0 Å². The summed E-state index contributed by atoms with van der Waals surface area (Å²) in [5.41, 5.74) is 3.78. The molecule has 1 aliphatic rings. The summed E-state index contributed by atoms with van der Waals surface area (Å²) in [6.07, 6.45) is 3.73. The van der Waals surface area contributed by atoms with Crippen molar-refractivity contribution >= 4 is 28.6 Å². The summed E-state index contributed by atoms with van der Waals surface area (Å²) < 4.78 is 5.50. The number of benzene rings is 3. The Morgan fingerprint density at radius 2 is 1.62 bits per heavy atom. The number of carbonyl (C=O) groups is 1. The van der Waals surface area contributed by atoms with Crippen molar-refractivity contribution in [3.63, 3.8) is 0 Å². The number of cyclic esters (lactones) is 1. The average molecular weight is 340 g/mol. The quantitative estimate of drug-likeness (QED) is 0.435. The summed E-state index contributed by atoms with van der Waals surface area (Å²) in [4.78, 5) is 12.3. The van der Waals surface area contributed by atoms with Gasteiger partial charge in [-0.15, -0.1) is 0 Å². The third-order valence-corrected chi connectivity index (χ3v) is 4.72. The lowest BCUT2D eigenvalue weighted by Gasteiger charge is -2.06. The third-order valence-electron chi connectivity index (χ3n) is 4.72. The number of hydrogen-bond donors (Lipinski definition) is 0. The molecule has 0 fully saturated rings. The van der Waals surface area contributed by atoms with Crippen molar-refractivity contribution in [3.8, 4) is 0 Å². The smallest absolute Gasteiger partial charge is 0.343 e. The van der Waals surface area contributed by atoms with Crippen molar-refractivity contribution in [2.45, 2.75) is 19.8 Å². The first kappa shape index (κ1) is 16.3. The number of hydrogen-bond acceptors (Lipinski definition) is 2. The standard InChI is InChI=1S/C24H20O2/c1-16(2)17-10-12-19(13-11-17)23-15-21(24(25)26-23)14-20-8-5-7-18-6-3-4-9-22(18)20/h3-16H,1-2H3/b21-14+. The molecular weight excluding hydrogens is 320 g/mol. The molecule has 2 nitrogen and oxygen atoms in total. The molecule has 0 N–H and O–H groups in total. The van der Waals surface area contributed by atoms with Crippen LogP contribution in [0.25, 0.3) is 22.6 Å². The molecule has 0 spiro atoms. The van der Waals surface area contributed by atoms with Gasteiger partial charge < -0.3 is 4.74 Å². The van der Waals surface area contributed by atoms with E-state index in [1.54, 1.807) is 0 Å². The van der Waals surface area contributed by atoms with E-state index in [4.69, 9.17) is 4.74 Å². The molecule has 3 aromatic rings. The normalized spacial score (nSPS) is 15.6. The highest BCUT2D eigenvalue weighted by Crippen LogP contribution is 2.30. The Labute approximate surface area is 153 Å². The fourth-order valence-corrected chi connectivity index (χ4v) is 3.21. The Hall–Kier alpha value is -3.13. The van der Waals surface area contributed by atoms with Crippen molar-refractivity contribution in [1.82, 2.24) is 0 Å². The van der Waals surface area contributed by atoms with Crippen LogP contribution in [0.3, 0.4) is 0 Å². The van der Waals surface area contributed by atoms with E-state index in [1.165, 1.54) is 5.56 Å². The molecule has 128 valence electrons. The Bertz CT molecular complexity index is 1030. The Balaban J connectivity index is 1.70. The van der Waals surface area contributed by atoms with Gasteiger partial charge in [0.1, 0.15) is 5.76 Å². The third kappa shape index (κ3) is 3.06. The second kappa shape index (κ2) is 6.64. The van der Waals surface area contributed by atoms with Gasteiger partial charge in [-0.1, -0.05) is 80.6 Å². The molecule has 0 atom stereocenters. The zero-order valence-electron chi connectivity index (χ0n) is 14.9. The molecule has 0 saturated heterocycles. The summed E-state index contributed by atoms with van der Waals surface area (Å²) in [7, 11) is 0. The lowest BCUT2D eigenvalue weighted by atomic mass is 10.0. The fourth-order valence-electron chi connectivity index (χ4n) is 3.21. The molecule has 1 aliphatic heterocycles. The SMILES string of the molecule is CC(C)c1ccc(C2=C/C(=C\c3cccc4ccccc34)C(=O)O2)cc1. The van der Waals surface area contributed by atoms with E-state index < -0.39 is 0 Å². The summed E-state index contributed by atoms with van der Waals surface area (Å²) in [6.45, 7) is 4.32. The predicted molar refractivity (Wildman–Crippen MR) is 107 cm³/mol. The maximum atomic E-state index is 12.3. The molecule has 0 radical (unpaired) electrons. The summed E-state index contributed by atoms with van der Waals surface area (Å²) in [6, 6.07) is 22.4. The van der Waals surface area contributed by atoms with Gasteiger partial charge in [0.15, 0.2) is 0 Å². The maximum Gasteiger partial charge on any atom is 0.343 e. The van der Waals surface area contributed by atoms with E-state index in [-0.39, 0.29) is 5.97 Å². The Morgan fingerprint density at radius 1 is 0.885 bits per heavy atom. The zero-order chi connectivity index (χ0) is 18.1. The second-order valence-electron chi connectivity index (χ2n) is 6.84. The number of fused-ring (bicyclic) bond motifs is 1. The van der Waals surface area contributed by atoms with Crippen LogP contribution in [0.2, 0.25) is 0 Å². The molecular formula is C24H20O2. The Kier molecular flexibility index (Phi) is 4.18. The van der Waals surface area contributed by atoms with Gasteiger partial charge in [0.25, 0.3) is 0 Å². The summed E-state index contributed by atoms with van der Waals surface area (Å²) in [5, 5.41) is 2.28. The molecule has 1 heterocycles.